The SMILES string of the molecule is CCCCCC/C=C/CC/C=C/CC/C=C/C(O)C(COC1OC(CO)C(O)C(OS(=O)(=O)O)C1O)NC(=O)C(O)C/C=C\C/C=C\CCCCCCCC. The molecule has 0 spiro atoms. The van der Waals surface area contributed by atoms with Crippen molar-refractivity contribution in [3.8, 4) is 0 Å². The molecule has 1 saturated heterocycles. The van der Waals surface area contributed by atoms with E-state index in [0.29, 0.717) is 12.8 Å². The van der Waals surface area contributed by atoms with E-state index in [1.54, 1.807) is 12.2 Å². The van der Waals surface area contributed by atoms with Gasteiger partial charge in [0.1, 0.15) is 30.5 Å². The van der Waals surface area contributed by atoms with Gasteiger partial charge in [-0.25, -0.2) is 4.18 Å². The minimum Gasteiger partial charge on any atom is -0.394 e. The van der Waals surface area contributed by atoms with Crippen LogP contribution in [0.15, 0.2) is 60.8 Å². The lowest BCUT2D eigenvalue weighted by Gasteiger charge is -2.41. The van der Waals surface area contributed by atoms with Crippen LogP contribution in [-0.4, -0.2) is 107 Å². The van der Waals surface area contributed by atoms with Crippen LogP contribution < -0.4 is 5.32 Å². The monoisotopic (exact) mass is 801 g/mol. The highest BCUT2D eigenvalue weighted by molar-refractivity contribution is 7.80. The summed E-state index contributed by atoms with van der Waals surface area (Å²) in [4.78, 5) is 13.0. The number of rotatable bonds is 32. The van der Waals surface area contributed by atoms with Crippen LogP contribution in [0.3, 0.4) is 0 Å². The first-order chi connectivity index (χ1) is 26.4. The Labute approximate surface area is 330 Å². The number of carbonyl (C=O) groups is 1. The number of amides is 1. The predicted molar refractivity (Wildman–Crippen MR) is 214 cm³/mol. The van der Waals surface area contributed by atoms with E-state index < -0.39 is 78.5 Å². The van der Waals surface area contributed by atoms with Gasteiger partial charge in [-0.2, -0.15) is 8.42 Å². The second-order valence-corrected chi connectivity index (χ2v) is 15.0. The van der Waals surface area contributed by atoms with Gasteiger partial charge in [0.2, 0.25) is 5.91 Å². The molecule has 8 unspecified atom stereocenters. The van der Waals surface area contributed by atoms with E-state index in [0.717, 1.165) is 38.5 Å². The standard InChI is InChI=1S/C41H71NO12S/c1-3-5-7-9-11-13-15-17-18-20-21-23-25-27-29-34(44)33(32-52-41-38(47)39(54-55(49,50)51)37(46)36(31-43)53-41)42-40(48)35(45)30-28-26-24-22-19-16-14-12-10-8-6-4-2/h13,15,19-22,26-29,33-39,41,43-47H,3-12,14,16-18,23-25,30-32H2,1-2H3,(H,42,48)(H,49,50,51)/b15-13+,21-20+,22-19-,28-26-,29-27+. The lowest BCUT2D eigenvalue weighted by Crippen LogP contribution is -2.61. The third kappa shape index (κ3) is 24.9. The molecular weight excluding hydrogens is 731 g/mol. The maximum Gasteiger partial charge on any atom is 0.397 e. The molecule has 55 heavy (non-hydrogen) atoms. The normalized spacial score (nSPS) is 22.8. The minimum atomic E-state index is -5.13. The molecule has 1 fully saturated rings. The molecule has 0 radical (unpaired) electrons. The number of aliphatic hydroxyl groups is 5. The second-order valence-electron chi connectivity index (χ2n) is 14.0. The van der Waals surface area contributed by atoms with Crippen LogP contribution in [0.4, 0.5) is 0 Å². The molecule has 7 N–H and O–H groups in total. The lowest BCUT2D eigenvalue weighted by atomic mass is 9.99. The van der Waals surface area contributed by atoms with Crippen LogP contribution in [0.1, 0.15) is 129 Å². The van der Waals surface area contributed by atoms with Gasteiger partial charge in [-0.05, 0) is 57.8 Å². The molecule has 0 saturated carbocycles. The predicted octanol–water partition coefficient (Wildman–Crippen LogP) is 5.68. The third-order valence-corrected chi connectivity index (χ3v) is 9.58. The Morgan fingerprint density at radius 1 is 0.745 bits per heavy atom. The highest BCUT2D eigenvalue weighted by Crippen LogP contribution is 2.26. The van der Waals surface area contributed by atoms with Gasteiger partial charge in [0.25, 0.3) is 0 Å². The van der Waals surface area contributed by atoms with E-state index in [1.165, 1.54) is 63.9 Å². The molecule has 8 atom stereocenters. The molecule has 13 nitrogen and oxygen atoms in total. The molecule has 318 valence electrons. The van der Waals surface area contributed by atoms with E-state index in [4.69, 9.17) is 14.0 Å². The molecule has 0 aliphatic carbocycles. The summed E-state index contributed by atoms with van der Waals surface area (Å²) in [5.74, 6) is -0.788. The number of ether oxygens (including phenoxy) is 2. The molecule has 1 aliphatic heterocycles. The summed E-state index contributed by atoms with van der Waals surface area (Å²) in [5.41, 5.74) is 0. The summed E-state index contributed by atoms with van der Waals surface area (Å²) in [7, 11) is -5.13. The van der Waals surface area contributed by atoms with Crippen molar-refractivity contribution in [2.45, 2.75) is 178 Å². The van der Waals surface area contributed by atoms with Crippen LogP contribution in [-0.2, 0) is 28.9 Å². The van der Waals surface area contributed by atoms with Crippen LogP contribution in [0.5, 0.6) is 0 Å². The van der Waals surface area contributed by atoms with Crippen molar-refractivity contribution in [3.63, 3.8) is 0 Å². The van der Waals surface area contributed by atoms with Crippen molar-refractivity contribution >= 4 is 16.3 Å². The largest absolute Gasteiger partial charge is 0.397 e. The minimum absolute atomic E-state index is 0.0207. The summed E-state index contributed by atoms with van der Waals surface area (Å²) in [6.07, 6.45) is 26.3. The van der Waals surface area contributed by atoms with Crippen molar-refractivity contribution in [2.75, 3.05) is 13.2 Å². The van der Waals surface area contributed by atoms with Crippen LogP contribution in [0.2, 0.25) is 0 Å². The Hall–Kier alpha value is -2.24. The van der Waals surface area contributed by atoms with Crippen molar-refractivity contribution in [1.82, 2.24) is 5.32 Å². The van der Waals surface area contributed by atoms with Gasteiger partial charge in [-0.15, -0.1) is 0 Å². The smallest absolute Gasteiger partial charge is 0.394 e. The van der Waals surface area contributed by atoms with Crippen molar-refractivity contribution in [1.29, 1.82) is 0 Å². The quantitative estimate of drug-likeness (QED) is 0.0249. The molecule has 1 heterocycles. The topological polar surface area (TPSA) is 212 Å². The number of nitrogens with one attached hydrogen (secondary N) is 1. The first kappa shape index (κ1) is 50.8. The number of hydrogen-bond acceptors (Lipinski definition) is 11. The molecule has 1 rings (SSSR count). The molecule has 0 bridgehead atoms. The second kappa shape index (κ2) is 31.8. The zero-order valence-electron chi connectivity index (χ0n) is 33.1. The lowest BCUT2D eigenvalue weighted by molar-refractivity contribution is -0.298. The molecule has 0 aromatic carbocycles. The Kier molecular flexibility index (Phi) is 29.4. The van der Waals surface area contributed by atoms with Crippen molar-refractivity contribution < 1.29 is 57.0 Å². The first-order valence-electron chi connectivity index (χ1n) is 20.3. The fourth-order valence-corrected chi connectivity index (χ4v) is 6.34. The number of unbranched alkanes of at least 4 members (excludes halogenated alkanes) is 12. The highest BCUT2D eigenvalue weighted by Gasteiger charge is 2.48. The highest BCUT2D eigenvalue weighted by atomic mass is 32.3. The van der Waals surface area contributed by atoms with Gasteiger partial charge >= 0.3 is 10.4 Å². The van der Waals surface area contributed by atoms with Gasteiger partial charge in [0.15, 0.2) is 6.29 Å². The van der Waals surface area contributed by atoms with Crippen molar-refractivity contribution in [3.05, 3.63) is 60.8 Å². The fraction of sp³-hybridized carbons (Fsp3) is 0.732. The first-order valence-corrected chi connectivity index (χ1v) is 21.6. The van der Waals surface area contributed by atoms with Gasteiger partial charge in [-0.1, -0.05) is 126 Å². The van der Waals surface area contributed by atoms with Crippen LogP contribution >= 0.6 is 0 Å². The Morgan fingerprint density at radius 2 is 1.27 bits per heavy atom. The van der Waals surface area contributed by atoms with E-state index in [1.807, 2.05) is 12.2 Å². The number of aliphatic hydroxyl groups excluding tert-OH is 5. The van der Waals surface area contributed by atoms with Gasteiger partial charge in [0, 0.05) is 6.42 Å². The summed E-state index contributed by atoms with van der Waals surface area (Å²) < 4.78 is 47.2. The molecule has 0 aromatic rings. The maximum absolute atomic E-state index is 13.0. The fourth-order valence-electron chi connectivity index (χ4n) is 5.83. The summed E-state index contributed by atoms with van der Waals surface area (Å²) in [6.45, 7) is 3.08. The number of hydrogen-bond donors (Lipinski definition) is 7. The van der Waals surface area contributed by atoms with E-state index in [2.05, 4.69) is 53.7 Å². The van der Waals surface area contributed by atoms with Gasteiger partial charge in [0.05, 0.1) is 25.4 Å². The average molecular weight is 802 g/mol. The zero-order valence-corrected chi connectivity index (χ0v) is 33.9. The van der Waals surface area contributed by atoms with Gasteiger partial charge in [-0.3, -0.25) is 9.35 Å². The Balaban J connectivity index is 2.78. The number of allylic oxidation sites excluding steroid dienone is 8. The van der Waals surface area contributed by atoms with Gasteiger partial charge < -0.3 is 40.3 Å². The molecule has 14 heteroatoms. The van der Waals surface area contributed by atoms with Crippen molar-refractivity contribution in [2.24, 2.45) is 0 Å². The summed E-state index contributed by atoms with van der Waals surface area (Å²) in [6, 6.07) is -1.17. The zero-order chi connectivity index (χ0) is 40.7. The Bertz CT molecular complexity index is 1240. The average Bonchev–Trinajstić information content (AvgIpc) is 3.15. The molecule has 1 amide bonds. The van der Waals surface area contributed by atoms with E-state index in [9.17, 15) is 38.7 Å². The number of carbonyl (C=O) groups excluding carboxylic acids is 1. The summed E-state index contributed by atoms with van der Waals surface area (Å²) >= 11 is 0. The molecule has 0 aromatic heterocycles. The van der Waals surface area contributed by atoms with Crippen LogP contribution in [0.25, 0.3) is 0 Å². The Morgan fingerprint density at radius 3 is 1.87 bits per heavy atom. The third-order valence-electron chi connectivity index (χ3n) is 9.12. The summed E-state index contributed by atoms with van der Waals surface area (Å²) in [5, 5.41) is 54.8. The molecule has 1 aliphatic rings. The van der Waals surface area contributed by atoms with E-state index in [-0.39, 0.29) is 6.42 Å². The van der Waals surface area contributed by atoms with Crippen LogP contribution in [0, 0.1) is 0 Å². The molecular formula is C41H71NO12S. The maximum atomic E-state index is 13.0. The van der Waals surface area contributed by atoms with E-state index >= 15 is 0 Å².